The number of hydrogen-bond donors (Lipinski definition) is 1. The van der Waals surface area contributed by atoms with Gasteiger partial charge in [-0.1, -0.05) is 0 Å². The first-order valence-corrected chi connectivity index (χ1v) is 8.55. The molecule has 2 heterocycles. The topological polar surface area (TPSA) is 83.9 Å². The molecule has 0 amide bonds. The molecule has 0 aliphatic carbocycles. The number of thiophene rings is 1. The third-order valence-corrected chi connectivity index (χ3v) is 6.52. The predicted molar refractivity (Wildman–Crippen MR) is 74.4 cm³/mol. The number of ether oxygens (including phenoxy) is 1. The molecule has 0 unspecified atom stereocenters. The fourth-order valence-corrected chi connectivity index (χ4v) is 5.01. The van der Waals surface area contributed by atoms with Crippen LogP contribution in [-0.2, 0) is 19.6 Å². The van der Waals surface area contributed by atoms with Crippen molar-refractivity contribution in [2.75, 3.05) is 19.7 Å². The fourth-order valence-electron chi connectivity index (χ4n) is 2.11. The van der Waals surface area contributed by atoms with E-state index in [0.717, 1.165) is 4.88 Å². The van der Waals surface area contributed by atoms with Crippen LogP contribution in [0.5, 0.6) is 0 Å². The number of carbonyl (C=O) groups is 1. The van der Waals surface area contributed by atoms with Crippen molar-refractivity contribution in [2.24, 2.45) is 0 Å². The van der Waals surface area contributed by atoms with Gasteiger partial charge in [0.2, 0.25) is 0 Å². The molecule has 1 saturated heterocycles. The van der Waals surface area contributed by atoms with E-state index in [2.05, 4.69) is 0 Å². The van der Waals surface area contributed by atoms with Gasteiger partial charge in [0.15, 0.2) is 0 Å². The van der Waals surface area contributed by atoms with Gasteiger partial charge in [-0.05, 0) is 31.9 Å². The number of carboxylic acids is 1. The summed E-state index contributed by atoms with van der Waals surface area (Å²) in [6, 6.07) is 3.42. The molecule has 1 aliphatic rings. The van der Waals surface area contributed by atoms with E-state index in [1.807, 2.05) is 6.92 Å². The van der Waals surface area contributed by atoms with Gasteiger partial charge in [0.25, 0.3) is 10.0 Å². The zero-order valence-electron chi connectivity index (χ0n) is 11.1. The second-order valence-corrected chi connectivity index (χ2v) is 8.13. The number of hydrogen-bond acceptors (Lipinski definition) is 5. The lowest BCUT2D eigenvalue weighted by Crippen LogP contribution is -2.41. The molecule has 0 aromatic carbocycles. The Balaban J connectivity index is 1.95. The average Bonchev–Trinajstić information content (AvgIpc) is 2.84. The van der Waals surface area contributed by atoms with Crippen LogP contribution in [0, 0.1) is 6.92 Å². The first kappa shape index (κ1) is 15.4. The van der Waals surface area contributed by atoms with Crippen LogP contribution in [0.2, 0.25) is 0 Å². The third kappa shape index (κ3) is 3.57. The van der Waals surface area contributed by atoms with E-state index >= 15 is 0 Å². The quantitative estimate of drug-likeness (QED) is 0.884. The molecule has 1 fully saturated rings. The van der Waals surface area contributed by atoms with Crippen LogP contribution in [0.15, 0.2) is 16.3 Å². The monoisotopic (exact) mass is 319 g/mol. The van der Waals surface area contributed by atoms with Crippen molar-refractivity contribution in [1.82, 2.24) is 4.31 Å². The van der Waals surface area contributed by atoms with E-state index in [1.54, 1.807) is 12.1 Å². The Bertz CT molecular complexity index is 572. The van der Waals surface area contributed by atoms with Gasteiger partial charge in [-0.25, -0.2) is 13.2 Å². The first-order valence-electron chi connectivity index (χ1n) is 6.29. The van der Waals surface area contributed by atoms with Crippen molar-refractivity contribution < 1.29 is 23.1 Å². The zero-order chi connectivity index (χ0) is 14.8. The average molecular weight is 319 g/mol. The number of sulfonamides is 1. The van der Waals surface area contributed by atoms with Crippen molar-refractivity contribution in [3.05, 3.63) is 17.0 Å². The van der Waals surface area contributed by atoms with Gasteiger partial charge in [-0.3, -0.25) is 0 Å². The second-order valence-electron chi connectivity index (χ2n) is 4.67. The van der Waals surface area contributed by atoms with Crippen LogP contribution >= 0.6 is 11.3 Å². The lowest BCUT2D eigenvalue weighted by Gasteiger charge is -2.30. The number of carboxylic acid groups (broad SMARTS) is 1. The first-order chi connectivity index (χ1) is 9.39. The summed E-state index contributed by atoms with van der Waals surface area (Å²) in [4.78, 5) is 11.4. The van der Waals surface area contributed by atoms with Crippen molar-refractivity contribution in [2.45, 2.75) is 30.1 Å². The summed E-state index contributed by atoms with van der Waals surface area (Å²) < 4.78 is 31.8. The Hall–Kier alpha value is -0.960. The third-order valence-electron chi connectivity index (χ3n) is 3.15. The molecular weight excluding hydrogens is 302 g/mol. The number of rotatable bonds is 5. The van der Waals surface area contributed by atoms with Gasteiger partial charge in [0.1, 0.15) is 10.8 Å². The maximum absolute atomic E-state index is 12.4. The molecule has 20 heavy (non-hydrogen) atoms. The highest BCUT2D eigenvalue weighted by molar-refractivity contribution is 7.91. The minimum Gasteiger partial charge on any atom is -0.480 e. The summed E-state index contributed by atoms with van der Waals surface area (Å²) >= 11 is 1.26. The molecule has 1 aromatic heterocycles. The Morgan fingerprint density at radius 2 is 2.10 bits per heavy atom. The Morgan fingerprint density at radius 3 is 2.60 bits per heavy atom. The maximum atomic E-state index is 12.4. The Morgan fingerprint density at radius 1 is 1.45 bits per heavy atom. The maximum Gasteiger partial charge on any atom is 0.329 e. The van der Waals surface area contributed by atoms with Gasteiger partial charge in [0, 0.05) is 18.0 Å². The molecule has 0 bridgehead atoms. The van der Waals surface area contributed by atoms with Gasteiger partial charge >= 0.3 is 5.97 Å². The van der Waals surface area contributed by atoms with Crippen LogP contribution in [0.1, 0.15) is 17.7 Å². The summed E-state index contributed by atoms with van der Waals surface area (Å²) in [6.45, 7) is 2.27. The normalized spacial score (nSPS) is 18.2. The minimum atomic E-state index is -3.42. The van der Waals surface area contributed by atoms with E-state index in [-0.39, 0.29) is 12.7 Å². The molecule has 0 saturated carbocycles. The molecule has 112 valence electrons. The van der Waals surface area contributed by atoms with Crippen molar-refractivity contribution in [3.63, 3.8) is 0 Å². The van der Waals surface area contributed by atoms with Gasteiger partial charge < -0.3 is 9.84 Å². The molecule has 1 aliphatic heterocycles. The molecule has 6 nitrogen and oxygen atoms in total. The number of aliphatic carboxylic acids is 1. The number of piperidine rings is 1. The van der Waals surface area contributed by atoms with E-state index < -0.39 is 16.0 Å². The van der Waals surface area contributed by atoms with Gasteiger partial charge in [0.05, 0.1) is 6.10 Å². The molecule has 2 rings (SSSR count). The lowest BCUT2D eigenvalue weighted by atomic mass is 10.1. The van der Waals surface area contributed by atoms with Gasteiger partial charge in [-0.15, -0.1) is 11.3 Å². The van der Waals surface area contributed by atoms with E-state index in [1.165, 1.54) is 15.6 Å². The smallest absolute Gasteiger partial charge is 0.329 e. The summed E-state index contributed by atoms with van der Waals surface area (Å²) in [5.74, 6) is -1.01. The van der Waals surface area contributed by atoms with Crippen LogP contribution in [-0.4, -0.2) is 49.6 Å². The highest BCUT2D eigenvalue weighted by atomic mass is 32.2. The number of nitrogens with zero attached hydrogens (tertiary/aromatic N) is 1. The van der Waals surface area contributed by atoms with Crippen LogP contribution in [0.4, 0.5) is 0 Å². The molecule has 1 aromatic rings. The summed E-state index contributed by atoms with van der Waals surface area (Å²) in [6.07, 6.45) is 0.871. The summed E-state index contributed by atoms with van der Waals surface area (Å²) in [7, 11) is -3.42. The summed E-state index contributed by atoms with van der Waals surface area (Å²) in [5, 5.41) is 8.55. The van der Waals surface area contributed by atoms with Crippen molar-refractivity contribution in [1.29, 1.82) is 0 Å². The van der Waals surface area contributed by atoms with Crippen molar-refractivity contribution >= 4 is 27.3 Å². The standard InChI is InChI=1S/C12H17NO5S2/c1-9-2-3-12(19-9)20(16,17)13-6-4-10(5-7-13)18-8-11(14)15/h2-3,10H,4-8H2,1H3,(H,14,15). The highest BCUT2D eigenvalue weighted by Crippen LogP contribution is 2.27. The van der Waals surface area contributed by atoms with Crippen LogP contribution < -0.4 is 0 Å². The lowest BCUT2D eigenvalue weighted by molar-refractivity contribution is -0.145. The van der Waals surface area contributed by atoms with E-state index in [0.29, 0.717) is 30.1 Å². The highest BCUT2D eigenvalue weighted by Gasteiger charge is 2.30. The molecule has 0 spiro atoms. The predicted octanol–water partition coefficient (Wildman–Crippen LogP) is 1.31. The molecule has 8 heteroatoms. The van der Waals surface area contributed by atoms with E-state index in [4.69, 9.17) is 9.84 Å². The number of aryl methyl sites for hydroxylation is 1. The second kappa shape index (κ2) is 6.21. The Labute approximate surface area is 122 Å². The van der Waals surface area contributed by atoms with Crippen molar-refractivity contribution in [3.8, 4) is 0 Å². The van der Waals surface area contributed by atoms with Crippen LogP contribution in [0.25, 0.3) is 0 Å². The van der Waals surface area contributed by atoms with E-state index in [9.17, 15) is 13.2 Å². The Kier molecular flexibility index (Phi) is 4.79. The van der Waals surface area contributed by atoms with Crippen LogP contribution in [0.3, 0.4) is 0 Å². The largest absolute Gasteiger partial charge is 0.480 e. The fraction of sp³-hybridized carbons (Fsp3) is 0.583. The molecule has 0 radical (unpaired) electrons. The van der Waals surface area contributed by atoms with Gasteiger partial charge in [-0.2, -0.15) is 4.31 Å². The zero-order valence-corrected chi connectivity index (χ0v) is 12.7. The SMILES string of the molecule is Cc1ccc(S(=O)(=O)N2CCC(OCC(=O)O)CC2)s1. The molecular formula is C12H17NO5S2. The molecule has 0 atom stereocenters. The summed E-state index contributed by atoms with van der Waals surface area (Å²) in [5.41, 5.74) is 0. The minimum absolute atomic E-state index is 0.178. The molecule has 1 N–H and O–H groups in total.